The highest BCUT2D eigenvalue weighted by Gasteiger charge is 2.33. The number of piperidine rings is 1. The van der Waals surface area contributed by atoms with Crippen molar-refractivity contribution >= 4 is 23.4 Å². The molecule has 0 radical (unpaired) electrons. The van der Waals surface area contributed by atoms with E-state index in [1.807, 2.05) is 0 Å². The minimum Gasteiger partial charge on any atom is -0.343 e. The second-order valence-electron chi connectivity index (χ2n) is 5.13. The van der Waals surface area contributed by atoms with Gasteiger partial charge in [-0.2, -0.15) is 0 Å². The molecule has 2 atom stereocenters. The van der Waals surface area contributed by atoms with Gasteiger partial charge in [-0.25, -0.2) is 4.39 Å². The molecule has 0 saturated carbocycles. The van der Waals surface area contributed by atoms with Crippen molar-refractivity contribution < 1.29 is 14.0 Å². The summed E-state index contributed by atoms with van der Waals surface area (Å²) in [5.74, 6) is -1.05. The van der Waals surface area contributed by atoms with Crippen LogP contribution in [0.25, 0.3) is 0 Å². The van der Waals surface area contributed by atoms with E-state index in [9.17, 15) is 14.0 Å². The van der Waals surface area contributed by atoms with E-state index in [0.717, 1.165) is 6.42 Å². The van der Waals surface area contributed by atoms with Gasteiger partial charge >= 0.3 is 0 Å². The van der Waals surface area contributed by atoms with Crippen LogP contribution in [0.2, 0.25) is 0 Å². The third kappa shape index (κ3) is 3.53. The Balaban J connectivity index is 2.14. The summed E-state index contributed by atoms with van der Waals surface area (Å²) in [6, 6.07) is 5.48. The van der Waals surface area contributed by atoms with E-state index >= 15 is 0 Å². The first-order chi connectivity index (χ1) is 10.0. The molecule has 1 aromatic carbocycles. The first-order valence-electron chi connectivity index (χ1n) is 6.95. The summed E-state index contributed by atoms with van der Waals surface area (Å²) in [5.41, 5.74) is 0.482. The number of likely N-dealkylation sites (tertiary alicyclic amines) is 1. The fourth-order valence-electron chi connectivity index (χ4n) is 2.63. The number of hydrogen-bond donors (Lipinski definition) is 1. The zero-order chi connectivity index (χ0) is 15.4. The molecule has 1 fully saturated rings. The van der Waals surface area contributed by atoms with Crippen LogP contribution in [-0.2, 0) is 9.59 Å². The van der Waals surface area contributed by atoms with Crippen molar-refractivity contribution in [1.82, 2.24) is 10.2 Å². The van der Waals surface area contributed by atoms with Gasteiger partial charge in [0, 0.05) is 12.1 Å². The number of carbonyl (C=O) groups is 2. The summed E-state index contributed by atoms with van der Waals surface area (Å²) < 4.78 is 13.9. The van der Waals surface area contributed by atoms with Gasteiger partial charge in [0.15, 0.2) is 0 Å². The predicted octanol–water partition coefficient (Wildman–Crippen LogP) is 2.23. The van der Waals surface area contributed by atoms with E-state index < -0.39 is 6.04 Å². The van der Waals surface area contributed by atoms with E-state index in [2.05, 4.69) is 5.32 Å². The Bertz CT molecular complexity index is 538. The smallest absolute Gasteiger partial charge is 0.245 e. The van der Waals surface area contributed by atoms with Crippen LogP contribution < -0.4 is 5.32 Å². The third-order valence-electron chi connectivity index (χ3n) is 3.75. The number of carbonyl (C=O) groups excluding carboxylic acids is 2. The van der Waals surface area contributed by atoms with Crippen LogP contribution in [0.3, 0.4) is 0 Å². The number of amides is 2. The van der Waals surface area contributed by atoms with Crippen LogP contribution >= 0.6 is 11.6 Å². The van der Waals surface area contributed by atoms with Gasteiger partial charge in [-0.3, -0.25) is 9.59 Å². The second kappa shape index (κ2) is 6.89. The lowest BCUT2D eigenvalue weighted by atomic mass is 9.99. The van der Waals surface area contributed by atoms with Crippen LogP contribution in [0.1, 0.15) is 31.4 Å². The van der Waals surface area contributed by atoms with Crippen molar-refractivity contribution in [2.75, 3.05) is 12.4 Å². The maximum Gasteiger partial charge on any atom is 0.245 e. The SMILES string of the molecule is CC(c1ccccc1F)N1CCCC(NC(=O)CCl)C1=O. The van der Waals surface area contributed by atoms with Crippen LogP contribution in [0.4, 0.5) is 4.39 Å². The average Bonchev–Trinajstić information content (AvgIpc) is 2.49. The molecule has 2 unspecified atom stereocenters. The lowest BCUT2D eigenvalue weighted by molar-refractivity contribution is -0.140. The first kappa shape index (κ1) is 15.8. The molecule has 0 bridgehead atoms. The Morgan fingerprint density at radius 2 is 2.24 bits per heavy atom. The Morgan fingerprint density at radius 1 is 1.52 bits per heavy atom. The first-order valence-corrected chi connectivity index (χ1v) is 7.48. The molecule has 1 N–H and O–H groups in total. The molecule has 0 spiro atoms. The monoisotopic (exact) mass is 312 g/mol. The van der Waals surface area contributed by atoms with Gasteiger partial charge in [0.05, 0.1) is 6.04 Å². The second-order valence-corrected chi connectivity index (χ2v) is 5.39. The zero-order valence-corrected chi connectivity index (χ0v) is 12.6. The summed E-state index contributed by atoms with van der Waals surface area (Å²) in [6.07, 6.45) is 1.35. The Labute approximate surface area is 128 Å². The van der Waals surface area contributed by atoms with Crippen LogP contribution in [0, 0.1) is 5.82 Å². The summed E-state index contributed by atoms with van der Waals surface area (Å²) in [4.78, 5) is 25.4. The van der Waals surface area contributed by atoms with E-state index in [1.54, 1.807) is 30.0 Å². The van der Waals surface area contributed by atoms with Crippen molar-refractivity contribution in [3.63, 3.8) is 0 Å². The minimum atomic E-state index is -0.570. The molecule has 0 aliphatic carbocycles. The topological polar surface area (TPSA) is 49.4 Å². The Morgan fingerprint density at radius 3 is 2.90 bits per heavy atom. The highest BCUT2D eigenvalue weighted by Crippen LogP contribution is 2.26. The summed E-state index contributed by atoms with van der Waals surface area (Å²) in [5, 5.41) is 2.61. The highest BCUT2D eigenvalue weighted by molar-refractivity contribution is 6.27. The maximum atomic E-state index is 13.9. The van der Waals surface area contributed by atoms with Gasteiger partial charge in [-0.15, -0.1) is 11.6 Å². The van der Waals surface area contributed by atoms with E-state index in [4.69, 9.17) is 11.6 Å². The lowest BCUT2D eigenvalue weighted by Crippen LogP contribution is -2.53. The number of rotatable bonds is 4. The highest BCUT2D eigenvalue weighted by atomic mass is 35.5. The number of nitrogens with one attached hydrogen (secondary N) is 1. The summed E-state index contributed by atoms with van der Waals surface area (Å²) in [7, 11) is 0. The largest absolute Gasteiger partial charge is 0.343 e. The Kier molecular flexibility index (Phi) is 5.17. The number of halogens is 2. The molecule has 1 saturated heterocycles. The van der Waals surface area contributed by atoms with Crippen molar-refractivity contribution in [3.8, 4) is 0 Å². The van der Waals surface area contributed by atoms with Crippen LogP contribution in [-0.4, -0.2) is 35.2 Å². The fraction of sp³-hybridized carbons (Fsp3) is 0.467. The quantitative estimate of drug-likeness (QED) is 0.867. The minimum absolute atomic E-state index is 0.174. The molecule has 2 rings (SSSR count). The number of alkyl halides is 1. The van der Waals surface area contributed by atoms with Crippen molar-refractivity contribution in [1.29, 1.82) is 0 Å². The summed E-state index contributed by atoms with van der Waals surface area (Å²) in [6.45, 7) is 2.35. The van der Waals surface area contributed by atoms with Gasteiger partial charge in [0.1, 0.15) is 17.7 Å². The molecule has 4 nitrogen and oxygen atoms in total. The molecule has 0 aromatic heterocycles. The molecular weight excluding hydrogens is 295 g/mol. The molecule has 21 heavy (non-hydrogen) atoms. The molecule has 1 aromatic rings. The van der Waals surface area contributed by atoms with Crippen molar-refractivity contribution in [2.45, 2.75) is 31.8 Å². The van der Waals surface area contributed by atoms with E-state index in [1.165, 1.54) is 6.07 Å². The molecular formula is C15H18ClFN2O2. The third-order valence-corrected chi connectivity index (χ3v) is 4.00. The molecule has 1 aliphatic heterocycles. The van der Waals surface area contributed by atoms with Crippen molar-refractivity contribution in [3.05, 3.63) is 35.6 Å². The molecule has 114 valence electrons. The van der Waals surface area contributed by atoms with Gasteiger partial charge in [-0.05, 0) is 25.8 Å². The lowest BCUT2D eigenvalue weighted by Gasteiger charge is -2.37. The standard InChI is InChI=1S/C15H18ClFN2O2/c1-10(11-5-2-3-6-12(11)17)19-8-4-7-13(15(19)21)18-14(20)9-16/h2-3,5-6,10,13H,4,7-9H2,1H3,(H,18,20). The molecule has 1 aliphatic rings. The Hall–Kier alpha value is -1.62. The molecule has 2 amide bonds. The molecule has 6 heteroatoms. The van der Waals surface area contributed by atoms with E-state index in [0.29, 0.717) is 18.5 Å². The summed E-state index contributed by atoms with van der Waals surface area (Å²) >= 11 is 5.45. The van der Waals surface area contributed by atoms with Gasteiger partial charge in [0.25, 0.3) is 0 Å². The van der Waals surface area contributed by atoms with E-state index in [-0.39, 0.29) is 29.6 Å². The van der Waals surface area contributed by atoms with Gasteiger partial charge in [-0.1, -0.05) is 18.2 Å². The molecule has 1 heterocycles. The van der Waals surface area contributed by atoms with Gasteiger partial charge in [0.2, 0.25) is 11.8 Å². The number of hydrogen-bond acceptors (Lipinski definition) is 2. The normalized spacial score (nSPS) is 20.2. The number of benzene rings is 1. The van der Waals surface area contributed by atoms with Crippen molar-refractivity contribution in [2.24, 2.45) is 0 Å². The van der Waals surface area contributed by atoms with Crippen LogP contribution in [0.15, 0.2) is 24.3 Å². The zero-order valence-electron chi connectivity index (χ0n) is 11.8. The maximum absolute atomic E-state index is 13.9. The van der Waals surface area contributed by atoms with Gasteiger partial charge < -0.3 is 10.2 Å². The predicted molar refractivity (Wildman–Crippen MR) is 78.4 cm³/mol. The number of nitrogens with zero attached hydrogens (tertiary/aromatic N) is 1. The average molecular weight is 313 g/mol. The van der Waals surface area contributed by atoms with Crippen LogP contribution in [0.5, 0.6) is 0 Å². The fourth-order valence-corrected chi connectivity index (χ4v) is 2.71.